The van der Waals surface area contributed by atoms with Crippen LogP contribution in [0.4, 0.5) is 5.69 Å². The van der Waals surface area contributed by atoms with Crippen molar-refractivity contribution in [3.8, 4) is 5.75 Å². The number of allylic oxidation sites excluding steroid dienone is 1. The molecule has 4 aliphatic rings. The van der Waals surface area contributed by atoms with E-state index in [4.69, 9.17) is 9.47 Å². The molecule has 1 fully saturated rings. The number of fused-ring (bicyclic) bond motifs is 4. The Labute approximate surface area is 303 Å². The first kappa shape index (κ1) is 35.6. The van der Waals surface area contributed by atoms with Gasteiger partial charge in [-0.2, -0.15) is 9.46 Å². The largest absolute Gasteiger partial charge is 0.490 e. The number of anilines is 1. The third-order valence-corrected chi connectivity index (χ3v) is 13.9. The number of ketones is 1. The summed E-state index contributed by atoms with van der Waals surface area (Å²) in [6.07, 6.45) is 11.6. The summed E-state index contributed by atoms with van der Waals surface area (Å²) in [7, 11) is 0.487. The maximum absolute atomic E-state index is 14.4. The summed E-state index contributed by atoms with van der Waals surface area (Å²) in [5, 5.41) is 4.37. The minimum Gasteiger partial charge on any atom is -0.490 e. The number of nitrogens with zero attached hydrogens (tertiary/aromatic N) is 4. The highest BCUT2D eigenvalue weighted by Gasteiger charge is 2.44. The van der Waals surface area contributed by atoms with Gasteiger partial charge in [0.15, 0.2) is 0 Å². The predicted molar refractivity (Wildman–Crippen MR) is 201 cm³/mol. The fourth-order valence-corrected chi connectivity index (χ4v) is 10.8. The molecule has 0 N–H and O–H groups in total. The van der Waals surface area contributed by atoms with Gasteiger partial charge in [-0.15, -0.1) is 0 Å². The van der Waals surface area contributed by atoms with Crippen molar-refractivity contribution in [2.24, 2.45) is 23.2 Å². The molecule has 9 nitrogen and oxygen atoms in total. The van der Waals surface area contributed by atoms with Gasteiger partial charge in [-0.05, 0) is 112 Å². The van der Waals surface area contributed by atoms with Crippen LogP contribution in [0.2, 0.25) is 0 Å². The average molecular weight is 713 g/mol. The summed E-state index contributed by atoms with van der Waals surface area (Å²) in [6.45, 7) is 6.25. The normalized spacial score (nSPS) is 28.4. The fraction of sp³-hybridized carbons (Fsp3) is 0.537. The molecule has 10 heteroatoms. The molecule has 0 unspecified atom stereocenters. The molecule has 7 rings (SSSR count). The number of benzene rings is 2. The van der Waals surface area contributed by atoms with Crippen molar-refractivity contribution in [1.82, 2.24) is 9.78 Å². The smallest absolute Gasteiger partial charge is 0.285 e. The summed E-state index contributed by atoms with van der Waals surface area (Å²) in [5.74, 6) is 0.791. The first-order valence-corrected chi connectivity index (χ1v) is 20.5. The van der Waals surface area contributed by atoms with Crippen LogP contribution in [0.5, 0.6) is 5.75 Å². The summed E-state index contributed by atoms with van der Waals surface area (Å²) < 4.78 is 33.3. The molecule has 2 aliphatic heterocycles. The van der Waals surface area contributed by atoms with Crippen molar-refractivity contribution >= 4 is 27.1 Å². The number of aryl methyl sites for hydroxylation is 5. The van der Waals surface area contributed by atoms with E-state index in [-0.39, 0.29) is 35.2 Å². The van der Waals surface area contributed by atoms with Crippen molar-refractivity contribution in [3.05, 3.63) is 88.3 Å². The first-order chi connectivity index (χ1) is 24.5. The highest BCUT2D eigenvalue weighted by molar-refractivity contribution is 7.94. The van der Waals surface area contributed by atoms with Crippen LogP contribution in [0.15, 0.2) is 59.0 Å². The summed E-state index contributed by atoms with van der Waals surface area (Å²) >= 11 is 0. The lowest BCUT2D eigenvalue weighted by Gasteiger charge is -2.46. The number of rotatable bonds is 6. The van der Waals surface area contributed by atoms with Gasteiger partial charge in [0, 0.05) is 56.1 Å². The molecule has 51 heavy (non-hydrogen) atoms. The van der Waals surface area contributed by atoms with E-state index in [0.29, 0.717) is 43.3 Å². The number of aromatic nitrogens is 2. The Morgan fingerprint density at radius 3 is 2.75 bits per heavy atom. The minimum absolute atomic E-state index is 0.00845. The van der Waals surface area contributed by atoms with Crippen molar-refractivity contribution in [2.45, 2.75) is 83.2 Å². The van der Waals surface area contributed by atoms with Gasteiger partial charge in [-0.3, -0.25) is 14.3 Å². The second-order valence-electron chi connectivity index (χ2n) is 15.4. The molecule has 1 saturated carbocycles. The third-order valence-electron chi connectivity index (χ3n) is 11.7. The van der Waals surface area contributed by atoms with E-state index in [2.05, 4.69) is 51.6 Å². The molecular weight excluding hydrogens is 661 g/mol. The minimum atomic E-state index is -3.16. The molecule has 1 aromatic heterocycles. The molecule has 0 saturated heterocycles. The van der Waals surface area contributed by atoms with Crippen LogP contribution in [0, 0.1) is 25.7 Å². The number of carbonyl (C=O) groups is 2. The summed E-state index contributed by atoms with van der Waals surface area (Å²) in [5.41, 5.74) is 6.95. The number of hydrogen-bond donors (Lipinski definition) is 0. The molecule has 2 bridgehead atoms. The van der Waals surface area contributed by atoms with Crippen LogP contribution >= 0.6 is 0 Å². The van der Waals surface area contributed by atoms with Crippen LogP contribution in [0.3, 0.4) is 0 Å². The van der Waals surface area contributed by atoms with E-state index in [1.807, 2.05) is 32.2 Å². The first-order valence-electron chi connectivity index (χ1n) is 18.6. The summed E-state index contributed by atoms with van der Waals surface area (Å²) in [6, 6.07) is 14.3. The topological polar surface area (TPSA) is 103 Å². The number of amides is 1. The van der Waals surface area contributed by atoms with E-state index < -0.39 is 15.6 Å². The monoisotopic (exact) mass is 712 g/mol. The van der Waals surface area contributed by atoms with Gasteiger partial charge in [0.1, 0.15) is 11.5 Å². The van der Waals surface area contributed by atoms with Crippen LogP contribution in [0.25, 0.3) is 0 Å². The molecule has 0 radical (unpaired) electrons. The molecular formula is C41H52N4O5S. The lowest BCUT2D eigenvalue weighted by molar-refractivity contribution is -0.116. The second-order valence-corrected chi connectivity index (χ2v) is 17.8. The lowest BCUT2D eigenvalue weighted by Crippen LogP contribution is -2.49. The average Bonchev–Trinajstić information content (AvgIpc) is 3.33. The zero-order valence-electron chi connectivity index (χ0n) is 30.6. The number of hydrogen-bond acceptors (Lipinski definition) is 7. The van der Waals surface area contributed by atoms with E-state index >= 15 is 0 Å². The maximum Gasteiger partial charge on any atom is 0.285 e. The third kappa shape index (κ3) is 7.58. The highest BCUT2D eigenvalue weighted by atomic mass is 32.2. The van der Waals surface area contributed by atoms with Crippen LogP contribution in [0.1, 0.15) is 83.4 Å². The van der Waals surface area contributed by atoms with Crippen LogP contribution in [-0.4, -0.2) is 70.1 Å². The SMILES string of the molecule is CO[C@H]1/C=C/CCC[S@@](=O)(CC(=O)CCc2cc(C)nn2C)=NC(=O)c2ccc3c(c2)N(C[C@@H]2CC[C@H]21)C[C@@]1(CCCc2cc(C)ccc21)CO3. The van der Waals surface area contributed by atoms with Crippen molar-refractivity contribution in [3.63, 3.8) is 0 Å². The van der Waals surface area contributed by atoms with Gasteiger partial charge in [-0.25, -0.2) is 4.21 Å². The van der Waals surface area contributed by atoms with Crippen LogP contribution < -0.4 is 9.64 Å². The number of carbonyl (C=O) groups excluding carboxylic acids is 2. The molecule has 1 amide bonds. The van der Waals surface area contributed by atoms with E-state index in [1.54, 1.807) is 17.9 Å². The van der Waals surface area contributed by atoms with Gasteiger partial charge in [0.05, 0.1) is 39.6 Å². The zero-order valence-corrected chi connectivity index (χ0v) is 31.4. The van der Waals surface area contributed by atoms with Gasteiger partial charge in [0.25, 0.3) is 5.91 Å². The predicted octanol–water partition coefficient (Wildman–Crippen LogP) is 6.71. The second kappa shape index (κ2) is 14.7. The van der Waals surface area contributed by atoms with Gasteiger partial charge in [-0.1, -0.05) is 35.9 Å². The van der Waals surface area contributed by atoms with Crippen molar-refractivity contribution < 1.29 is 23.3 Å². The van der Waals surface area contributed by atoms with Crippen molar-refractivity contribution in [1.29, 1.82) is 0 Å². The number of ether oxygens (including phenoxy) is 2. The van der Waals surface area contributed by atoms with Crippen molar-refractivity contribution in [2.75, 3.05) is 43.2 Å². The fourth-order valence-electron chi connectivity index (χ4n) is 8.84. The number of Topliss-reactive ketones (excluding diaryl/α,β-unsaturated/α-hetero) is 1. The Hall–Kier alpha value is -3.76. The van der Waals surface area contributed by atoms with Gasteiger partial charge < -0.3 is 14.4 Å². The Morgan fingerprint density at radius 1 is 1.12 bits per heavy atom. The lowest BCUT2D eigenvalue weighted by atomic mass is 9.68. The summed E-state index contributed by atoms with van der Waals surface area (Å²) in [4.78, 5) is 29.7. The standard InChI is InChI=1S/C41H52N4O5S/c1-28-11-17-36-30(21-28)9-8-19-41(36)26-45-24-32-12-16-35(32)38(49-4)10-6-5-7-20-51(48,25-34(46)15-14-33-22-29(2)42-44(33)3)43-40(47)31-13-18-39(50-27-41)37(45)23-31/h6,10-11,13,17-18,21-23,32,35,38H,5,7-9,12,14-16,19-20,24-27H2,1-4H3/b10-6+/t32-,35+,38-,41-,51+/m0/s1. The molecule has 3 heterocycles. The van der Waals surface area contributed by atoms with E-state index in [0.717, 1.165) is 68.0 Å². The Bertz CT molecular complexity index is 1960. The van der Waals surface area contributed by atoms with E-state index in [9.17, 15) is 13.8 Å². The highest BCUT2D eigenvalue weighted by Crippen LogP contribution is 2.47. The number of methoxy groups -OCH3 is 1. The van der Waals surface area contributed by atoms with E-state index in [1.165, 1.54) is 16.7 Å². The maximum atomic E-state index is 14.4. The molecule has 5 atom stereocenters. The Balaban J connectivity index is 1.23. The van der Waals surface area contributed by atoms with Crippen LogP contribution in [-0.2, 0) is 44.6 Å². The Morgan fingerprint density at radius 2 is 1.98 bits per heavy atom. The Kier molecular flexibility index (Phi) is 10.3. The molecule has 272 valence electrons. The molecule has 2 aliphatic carbocycles. The van der Waals surface area contributed by atoms with Gasteiger partial charge >= 0.3 is 0 Å². The molecule has 2 aromatic carbocycles. The zero-order chi connectivity index (χ0) is 35.8. The molecule has 3 aromatic rings. The van der Waals surface area contributed by atoms with Gasteiger partial charge in [0.2, 0.25) is 0 Å². The quantitative estimate of drug-likeness (QED) is 0.262. The molecule has 1 spiro atoms.